The Hall–Kier alpha value is -3.20. The van der Waals surface area contributed by atoms with Gasteiger partial charge in [0.2, 0.25) is 5.95 Å². The van der Waals surface area contributed by atoms with Gasteiger partial charge < -0.3 is 14.7 Å². The minimum Gasteiger partial charge on any atom is -0.355 e. The molecular formula is C22H21ClFN7O. The Kier molecular flexibility index (Phi) is 4.36. The van der Waals surface area contributed by atoms with Gasteiger partial charge in [0.1, 0.15) is 5.82 Å². The fourth-order valence-electron chi connectivity index (χ4n) is 5.02. The van der Waals surface area contributed by atoms with Crippen LogP contribution in [0.5, 0.6) is 0 Å². The summed E-state index contributed by atoms with van der Waals surface area (Å²) in [6.45, 7) is 3.13. The van der Waals surface area contributed by atoms with Crippen molar-refractivity contribution in [2.45, 2.75) is 13.1 Å². The molecule has 5 heterocycles. The monoisotopic (exact) mass is 453 g/mol. The van der Waals surface area contributed by atoms with Crippen LogP contribution in [0, 0.1) is 5.41 Å². The zero-order valence-electron chi connectivity index (χ0n) is 17.3. The molecule has 0 atom stereocenters. The van der Waals surface area contributed by atoms with Gasteiger partial charge in [-0.2, -0.15) is 0 Å². The number of pyridine rings is 1. The predicted molar refractivity (Wildman–Crippen MR) is 118 cm³/mol. The summed E-state index contributed by atoms with van der Waals surface area (Å²) in [6.07, 6.45) is 1.82. The highest BCUT2D eigenvalue weighted by atomic mass is 35.5. The number of halogens is 2. The first kappa shape index (κ1) is 19.5. The van der Waals surface area contributed by atoms with E-state index in [-0.39, 0.29) is 18.5 Å². The molecule has 0 unspecified atom stereocenters. The summed E-state index contributed by atoms with van der Waals surface area (Å²) in [4.78, 5) is 22.6. The SMILES string of the molecule is O=C(CF)N1Cc2cc(Cl)ccc2-n2c(nnc2N2CC3(CN(c4ccccn4)C3)C2)C1. The van der Waals surface area contributed by atoms with Crippen LogP contribution in [0.1, 0.15) is 11.4 Å². The molecule has 0 N–H and O–H groups in total. The lowest BCUT2D eigenvalue weighted by molar-refractivity contribution is -0.133. The van der Waals surface area contributed by atoms with Crippen molar-refractivity contribution in [2.75, 3.05) is 42.7 Å². The number of alkyl halides is 1. The minimum absolute atomic E-state index is 0.203. The van der Waals surface area contributed by atoms with Crippen molar-refractivity contribution in [3.05, 3.63) is 59.0 Å². The third-order valence-electron chi connectivity index (χ3n) is 6.52. The molecular weight excluding hydrogens is 433 g/mol. The first-order valence-corrected chi connectivity index (χ1v) is 10.9. The van der Waals surface area contributed by atoms with Gasteiger partial charge in [0.05, 0.1) is 12.2 Å². The first-order valence-electron chi connectivity index (χ1n) is 10.5. The van der Waals surface area contributed by atoms with E-state index in [1.54, 1.807) is 0 Å². The van der Waals surface area contributed by atoms with Crippen molar-refractivity contribution in [3.63, 3.8) is 0 Å². The van der Waals surface area contributed by atoms with Gasteiger partial charge in [-0.05, 0) is 35.9 Å². The van der Waals surface area contributed by atoms with E-state index in [1.165, 1.54) is 4.90 Å². The fourth-order valence-corrected chi connectivity index (χ4v) is 5.22. The predicted octanol–water partition coefficient (Wildman–Crippen LogP) is 2.45. The van der Waals surface area contributed by atoms with Crippen LogP contribution in [0.25, 0.3) is 5.69 Å². The molecule has 8 nitrogen and oxygen atoms in total. The molecule has 2 aromatic heterocycles. The van der Waals surface area contributed by atoms with Crippen LogP contribution in [0.3, 0.4) is 0 Å². The molecule has 2 saturated heterocycles. The van der Waals surface area contributed by atoms with E-state index in [2.05, 4.69) is 25.0 Å². The van der Waals surface area contributed by atoms with Crippen LogP contribution in [-0.4, -0.2) is 63.4 Å². The number of fused-ring (bicyclic) bond motifs is 3. The fraction of sp³-hybridized carbons (Fsp3) is 0.364. The number of hydrogen-bond donors (Lipinski definition) is 0. The van der Waals surface area contributed by atoms with E-state index in [9.17, 15) is 9.18 Å². The Balaban J connectivity index is 1.27. The van der Waals surface area contributed by atoms with Gasteiger partial charge in [-0.25, -0.2) is 9.37 Å². The van der Waals surface area contributed by atoms with Gasteiger partial charge in [0.15, 0.2) is 12.5 Å². The molecule has 1 amide bonds. The Labute approximate surface area is 189 Å². The average molecular weight is 454 g/mol. The minimum atomic E-state index is -1.04. The highest BCUT2D eigenvalue weighted by Crippen LogP contribution is 2.43. The summed E-state index contributed by atoms with van der Waals surface area (Å²) in [5.74, 6) is 1.81. The largest absolute Gasteiger partial charge is 0.355 e. The van der Waals surface area contributed by atoms with Crippen molar-refractivity contribution in [2.24, 2.45) is 5.41 Å². The zero-order chi connectivity index (χ0) is 21.9. The maximum atomic E-state index is 13.1. The number of hydrogen-bond acceptors (Lipinski definition) is 6. The van der Waals surface area contributed by atoms with Crippen LogP contribution in [0.4, 0.5) is 16.2 Å². The third kappa shape index (κ3) is 3.02. The molecule has 1 spiro atoms. The molecule has 32 heavy (non-hydrogen) atoms. The van der Waals surface area contributed by atoms with Crippen molar-refractivity contribution >= 4 is 29.3 Å². The van der Waals surface area contributed by atoms with Crippen molar-refractivity contribution < 1.29 is 9.18 Å². The van der Waals surface area contributed by atoms with Gasteiger partial charge >= 0.3 is 0 Å². The summed E-state index contributed by atoms with van der Waals surface area (Å²) >= 11 is 6.22. The zero-order valence-corrected chi connectivity index (χ0v) is 18.0. The van der Waals surface area contributed by atoms with Crippen LogP contribution in [-0.2, 0) is 17.9 Å². The van der Waals surface area contributed by atoms with E-state index >= 15 is 0 Å². The number of anilines is 2. The number of nitrogens with zero attached hydrogens (tertiary/aromatic N) is 7. The van der Waals surface area contributed by atoms with Crippen molar-refractivity contribution in [1.29, 1.82) is 0 Å². The second-order valence-corrected chi connectivity index (χ2v) is 9.24. The summed E-state index contributed by atoms with van der Waals surface area (Å²) in [5, 5.41) is 9.39. The standard InChI is InChI=1S/C22H21ClFN7O/c23-16-4-5-17-15(7-16)9-28(20(32)8-24)10-19-26-27-21(31(17)19)30-13-22(14-30)11-29(12-22)18-3-1-2-6-25-18/h1-7H,8-14H2. The lowest BCUT2D eigenvalue weighted by Crippen LogP contribution is -2.73. The molecule has 10 heteroatoms. The van der Waals surface area contributed by atoms with E-state index in [0.29, 0.717) is 10.8 Å². The lowest BCUT2D eigenvalue weighted by atomic mass is 9.73. The maximum absolute atomic E-state index is 13.1. The first-order chi connectivity index (χ1) is 15.5. The highest BCUT2D eigenvalue weighted by molar-refractivity contribution is 6.30. The molecule has 0 aliphatic carbocycles. The maximum Gasteiger partial charge on any atom is 0.254 e. The molecule has 3 aliphatic heterocycles. The van der Waals surface area contributed by atoms with Gasteiger partial charge in [-0.1, -0.05) is 17.7 Å². The lowest BCUT2D eigenvalue weighted by Gasteiger charge is -2.60. The second-order valence-electron chi connectivity index (χ2n) is 8.81. The molecule has 3 aliphatic rings. The molecule has 2 fully saturated rings. The van der Waals surface area contributed by atoms with Crippen molar-refractivity contribution in [3.8, 4) is 5.69 Å². The summed E-state index contributed by atoms with van der Waals surface area (Å²) in [5.41, 5.74) is 1.95. The molecule has 0 bridgehead atoms. The molecule has 1 aromatic carbocycles. The van der Waals surface area contributed by atoms with E-state index in [0.717, 1.165) is 49.2 Å². The quantitative estimate of drug-likeness (QED) is 0.606. The van der Waals surface area contributed by atoms with Gasteiger partial charge in [0.25, 0.3) is 5.91 Å². The Bertz CT molecular complexity index is 1190. The highest BCUT2D eigenvalue weighted by Gasteiger charge is 2.53. The summed E-state index contributed by atoms with van der Waals surface area (Å²) < 4.78 is 15.1. The van der Waals surface area contributed by atoms with E-state index < -0.39 is 12.6 Å². The summed E-state index contributed by atoms with van der Waals surface area (Å²) in [6, 6.07) is 11.5. The Morgan fingerprint density at radius 2 is 1.88 bits per heavy atom. The third-order valence-corrected chi connectivity index (χ3v) is 6.75. The van der Waals surface area contributed by atoms with Gasteiger partial charge in [-0.15, -0.1) is 10.2 Å². The van der Waals surface area contributed by atoms with Gasteiger partial charge in [-0.3, -0.25) is 9.36 Å². The molecule has 3 aromatic rings. The number of benzene rings is 1. The van der Waals surface area contributed by atoms with Crippen LogP contribution >= 0.6 is 11.6 Å². The summed E-state index contributed by atoms with van der Waals surface area (Å²) in [7, 11) is 0. The Morgan fingerprint density at radius 1 is 1.06 bits per heavy atom. The van der Waals surface area contributed by atoms with E-state index in [4.69, 9.17) is 11.6 Å². The second kappa shape index (κ2) is 7.16. The number of rotatable bonds is 3. The van der Waals surface area contributed by atoms with E-state index in [1.807, 2.05) is 47.2 Å². The normalized spacial score (nSPS) is 18.5. The number of aromatic nitrogens is 4. The molecule has 0 saturated carbocycles. The average Bonchev–Trinajstić information content (AvgIpc) is 3.07. The van der Waals surface area contributed by atoms with Crippen LogP contribution in [0.2, 0.25) is 5.02 Å². The number of amides is 1. The van der Waals surface area contributed by atoms with Gasteiger partial charge in [0, 0.05) is 49.4 Å². The molecule has 164 valence electrons. The number of carbonyl (C=O) groups excluding carboxylic acids is 1. The molecule has 0 radical (unpaired) electrons. The smallest absolute Gasteiger partial charge is 0.254 e. The topological polar surface area (TPSA) is 70.4 Å². The molecule has 6 rings (SSSR count). The number of carbonyl (C=O) groups is 1. The van der Waals surface area contributed by atoms with Crippen LogP contribution in [0.15, 0.2) is 42.6 Å². The van der Waals surface area contributed by atoms with Crippen molar-refractivity contribution in [1.82, 2.24) is 24.6 Å². The van der Waals surface area contributed by atoms with Crippen LogP contribution < -0.4 is 9.80 Å². The Morgan fingerprint density at radius 3 is 2.62 bits per heavy atom.